The number of nitrogens with two attached hydrogens (primary N) is 1. The maximum Gasteiger partial charge on any atom is 0.120 e. The van der Waals surface area contributed by atoms with Crippen LogP contribution in [0.4, 0.5) is 0 Å². The van der Waals surface area contributed by atoms with Crippen LogP contribution in [0.3, 0.4) is 0 Å². The van der Waals surface area contributed by atoms with E-state index in [0.29, 0.717) is 18.2 Å². The van der Waals surface area contributed by atoms with Gasteiger partial charge in [-0.15, -0.1) is 0 Å². The highest BCUT2D eigenvalue weighted by Gasteiger charge is 2.06. The molecule has 0 aliphatic heterocycles. The molecule has 0 spiro atoms. The molecule has 1 rings (SSSR count). The lowest BCUT2D eigenvalue weighted by atomic mass is 10.1. The molecule has 0 amide bonds. The van der Waals surface area contributed by atoms with E-state index in [2.05, 4.69) is 0 Å². The Morgan fingerprint density at radius 2 is 2.13 bits per heavy atom. The van der Waals surface area contributed by atoms with Crippen LogP contribution in [0, 0.1) is 0 Å². The Labute approximate surface area is 95.1 Å². The van der Waals surface area contributed by atoms with E-state index in [4.69, 9.17) is 26.8 Å². The molecule has 0 fully saturated rings. The topological polar surface area (TPSA) is 44.5 Å². The van der Waals surface area contributed by atoms with Gasteiger partial charge in [-0.3, -0.25) is 0 Å². The number of ether oxygens (including phenoxy) is 2. The Morgan fingerprint density at radius 3 is 2.67 bits per heavy atom. The Hall–Kier alpha value is -0.770. The summed E-state index contributed by atoms with van der Waals surface area (Å²) in [5, 5.41) is 0.639. The minimum Gasteiger partial charge on any atom is -0.491 e. The number of rotatable bonds is 5. The summed E-state index contributed by atoms with van der Waals surface area (Å²) in [6.07, 6.45) is 0. The predicted octanol–water partition coefficient (Wildman–Crippen LogP) is 2.38. The quantitative estimate of drug-likeness (QED) is 0.789. The van der Waals surface area contributed by atoms with E-state index in [1.807, 2.05) is 19.1 Å². The molecule has 2 N–H and O–H groups in total. The van der Waals surface area contributed by atoms with Crippen LogP contribution in [-0.2, 0) is 4.74 Å². The van der Waals surface area contributed by atoms with Crippen LogP contribution < -0.4 is 10.5 Å². The molecule has 0 bridgehead atoms. The van der Waals surface area contributed by atoms with E-state index >= 15 is 0 Å². The highest BCUT2D eigenvalue weighted by Crippen LogP contribution is 2.26. The molecule has 0 aromatic heterocycles. The molecule has 1 atom stereocenters. The molecule has 15 heavy (non-hydrogen) atoms. The first-order chi connectivity index (χ1) is 7.15. The summed E-state index contributed by atoms with van der Waals surface area (Å²) >= 11 is 6.05. The third kappa shape index (κ3) is 3.70. The van der Waals surface area contributed by atoms with E-state index in [1.54, 1.807) is 13.2 Å². The highest BCUT2D eigenvalue weighted by atomic mass is 35.5. The fraction of sp³-hybridized carbons (Fsp3) is 0.455. The van der Waals surface area contributed by atoms with Crippen LogP contribution in [0.1, 0.15) is 18.5 Å². The third-order valence-electron chi connectivity index (χ3n) is 2.02. The van der Waals surface area contributed by atoms with Crippen molar-refractivity contribution in [3.8, 4) is 5.75 Å². The van der Waals surface area contributed by atoms with Crippen molar-refractivity contribution in [3.63, 3.8) is 0 Å². The number of methoxy groups -OCH3 is 1. The van der Waals surface area contributed by atoms with E-state index in [9.17, 15) is 0 Å². The summed E-state index contributed by atoms with van der Waals surface area (Å²) < 4.78 is 10.3. The molecule has 0 aliphatic rings. The summed E-state index contributed by atoms with van der Waals surface area (Å²) in [5.41, 5.74) is 6.67. The van der Waals surface area contributed by atoms with Gasteiger partial charge in [0.2, 0.25) is 0 Å². The number of halogens is 1. The molecule has 3 nitrogen and oxygen atoms in total. The molecule has 0 saturated carbocycles. The van der Waals surface area contributed by atoms with Gasteiger partial charge >= 0.3 is 0 Å². The second kappa shape index (κ2) is 5.95. The molecule has 1 unspecified atom stereocenters. The predicted molar refractivity (Wildman–Crippen MR) is 61.4 cm³/mol. The van der Waals surface area contributed by atoms with Crippen molar-refractivity contribution >= 4 is 11.6 Å². The first kappa shape index (κ1) is 12.3. The fourth-order valence-corrected chi connectivity index (χ4v) is 1.55. The average Bonchev–Trinajstić information content (AvgIpc) is 2.17. The monoisotopic (exact) mass is 229 g/mol. The number of hydrogen-bond donors (Lipinski definition) is 1. The van der Waals surface area contributed by atoms with Gasteiger partial charge in [0.05, 0.1) is 6.61 Å². The molecule has 0 radical (unpaired) electrons. The maximum absolute atomic E-state index is 6.05. The molecular weight excluding hydrogens is 214 g/mol. The van der Waals surface area contributed by atoms with Crippen LogP contribution in [-0.4, -0.2) is 20.3 Å². The third-order valence-corrected chi connectivity index (χ3v) is 2.35. The van der Waals surface area contributed by atoms with Gasteiger partial charge in [0.25, 0.3) is 0 Å². The highest BCUT2D eigenvalue weighted by molar-refractivity contribution is 6.31. The molecular formula is C11H16ClNO2. The van der Waals surface area contributed by atoms with Crippen molar-refractivity contribution in [2.75, 3.05) is 20.3 Å². The van der Waals surface area contributed by atoms with Gasteiger partial charge in [0, 0.05) is 18.2 Å². The van der Waals surface area contributed by atoms with Crippen LogP contribution in [0.15, 0.2) is 18.2 Å². The standard InChI is InChI=1S/C11H16ClNO2/c1-8(13)10-4-3-9(7-11(10)12)15-6-5-14-2/h3-4,7-8H,5-6,13H2,1-2H3. The van der Waals surface area contributed by atoms with Gasteiger partial charge in [-0.25, -0.2) is 0 Å². The molecule has 1 aromatic carbocycles. The Balaban J connectivity index is 2.65. The molecule has 0 saturated heterocycles. The SMILES string of the molecule is COCCOc1ccc(C(C)N)c(Cl)c1. The van der Waals surface area contributed by atoms with Crippen molar-refractivity contribution in [1.82, 2.24) is 0 Å². The Bertz CT molecular complexity index is 315. The molecule has 84 valence electrons. The van der Waals surface area contributed by atoms with Crippen molar-refractivity contribution in [3.05, 3.63) is 28.8 Å². The van der Waals surface area contributed by atoms with Crippen LogP contribution >= 0.6 is 11.6 Å². The summed E-state index contributed by atoms with van der Waals surface area (Å²) in [4.78, 5) is 0. The van der Waals surface area contributed by atoms with Crippen molar-refractivity contribution in [2.45, 2.75) is 13.0 Å². The lowest BCUT2D eigenvalue weighted by Gasteiger charge is -2.10. The van der Waals surface area contributed by atoms with Crippen molar-refractivity contribution < 1.29 is 9.47 Å². The largest absolute Gasteiger partial charge is 0.491 e. The molecule has 0 heterocycles. The summed E-state index contributed by atoms with van der Waals surface area (Å²) in [7, 11) is 1.63. The normalized spacial score (nSPS) is 12.5. The average molecular weight is 230 g/mol. The maximum atomic E-state index is 6.05. The van der Waals surface area contributed by atoms with Gasteiger partial charge < -0.3 is 15.2 Å². The minimum atomic E-state index is -0.0643. The fourth-order valence-electron chi connectivity index (χ4n) is 1.21. The Morgan fingerprint density at radius 1 is 1.40 bits per heavy atom. The van der Waals surface area contributed by atoms with Crippen LogP contribution in [0.2, 0.25) is 5.02 Å². The van der Waals surface area contributed by atoms with E-state index in [0.717, 1.165) is 11.3 Å². The first-order valence-corrected chi connectivity index (χ1v) is 5.19. The summed E-state index contributed by atoms with van der Waals surface area (Å²) in [6, 6.07) is 5.45. The zero-order chi connectivity index (χ0) is 11.3. The van der Waals surface area contributed by atoms with Gasteiger partial charge in [-0.2, -0.15) is 0 Å². The van der Waals surface area contributed by atoms with Gasteiger partial charge in [-0.05, 0) is 24.6 Å². The lowest BCUT2D eigenvalue weighted by Crippen LogP contribution is -2.07. The van der Waals surface area contributed by atoms with E-state index < -0.39 is 0 Å². The second-order valence-electron chi connectivity index (χ2n) is 3.31. The second-order valence-corrected chi connectivity index (χ2v) is 3.72. The molecule has 1 aromatic rings. The van der Waals surface area contributed by atoms with Gasteiger partial charge in [-0.1, -0.05) is 17.7 Å². The van der Waals surface area contributed by atoms with Crippen LogP contribution in [0.25, 0.3) is 0 Å². The zero-order valence-electron chi connectivity index (χ0n) is 9.00. The zero-order valence-corrected chi connectivity index (χ0v) is 9.75. The van der Waals surface area contributed by atoms with Gasteiger partial charge in [0.1, 0.15) is 12.4 Å². The Kier molecular flexibility index (Phi) is 4.88. The number of benzene rings is 1. The molecule has 4 heteroatoms. The lowest BCUT2D eigenvalue weighted by molar-refractivity contribution is 0.146. The minimum absolute atomic E-state index is 0.0643. The van der Waals surface area contributed by atoms with Crippen LogP contribution in [0.5, 0.6) is 5.75 Å². The summed E-state index contributed by atoms with van der Waals surface area (Å²) in [6.45, 7) is 2.98. The van der Waals surface area contributed by atoms with E-state index in [1.165, 1.54) is 0 Å². The van der Waals surface area contributed by atoms with E-state index in [-0.39, 0.29) is 6.04 Å². The van der Waals surface area contributed by atoms with Crippen molar-refractivity contribution in [2.24, 2.45) is 5.73 Å². The smallest absolute Gasteiger partial charge is 0.120 e. The van der Waals surface area contributed by atoms with Crippen molar-refractivity contribution in [1.29, 1.82) is 0 Å². The summed E-state index contributed by atoms with van der Waals surface area (Å²) in [5.74, 6) is 0.737. The first-order valence-electron chi connectivity index (χ1n) is 4.82. The van der Waals surface area contributed by atoms with Gasteiger partial charge in [0.15, 0.2) is 0 Å². The molecule has 0 aliphatic carbocycles. The number of hydrogen-bond acceptors (Lipinski definition) is 3.